The van der Waals surface area contributed by atoms with Crippen molar-refractivity contribution >= 4 is 43.5 Å². The van der Waals surface area contributed by atoms with Crippen LogP contribution in [0.3, 0.4) is 0 Å². The van der Waals surface area contributed by atoms with E-state index in [-0.39, 0.29) is 28.9 Å². The van der Waals surface area contributed by atoms with E-state index >= 15 is 0 Å². The van der Waals surface area contributed by atoms with Crippen LogP contribution < -0.4 is 14.8 Å². The summed E-state index contributed by atoms with van der Waals surface area (Å²) >= 11 is 3.44. The Morgan fingerprint density at radius 2 is 1.85 bits per heavy atom. The summed E-state index contributed by atoms with van der Waals surface area (Å²) in [5.74, 6) is -2.18. The monoisotopic (exact) mass is 646 g/mol. The van der Waals surface area contributed by atoms with Gasteiger partial charge in [-0.25, -0.2) is 13.2 Å². The lowest BCUT2D eigenvalue weighted by molar-refractivity contribution is -0.192. The lowest BCUT2D eigenvalue weighted by Crippen LogP contribution is -2.47. The van der Waals surface area contributed by atoms with E-state index < -0.39 is 22.2 Å². The fraction of sp³-hybridized carbons (Fsp3) is 0.400. The molecule has 0 aliphatic carbocycles. The number of carboxylic acid groups (broad SMARTS) is 1. The first kappa shape index (κ1) is 31.2. The van der Waals surface area contributed by atoms with Crippen LogP contribution in [0, 0.1) is 11.3 Å². The van der Waals surface area contributed by atoms with E-state index in [1.165, 1.54) is 12.1 Å². The number of alkyl halides is 3. The highest BCUT2D eigenvalue weighted by Crippen LogP contribution is 2.30. The SMILES string of the molecule is N#C[C@@H]1CCCN1C(=O)[C@@H]1CC[C@H](COc2ccc(NS(=O)(=O)c3ccccc3)cc2Br)N1.O=C(O)C(F)(F)F. The Morgan fingerprint density at radius 3 is 2.45 bits per heavy atom. The van der Waals surface area contributed by atoms with Crippen molar-refractivity contribution in [3.63, 3.8) is 0 Å². The fourth-order valence-electron chi connectivity index (χ4n) is 4.20. The second-order valence-corrected chi connectivity index (χ2v) is 11.5. The number of amides is 1. The van der Waals surface area contributed by atoms with Crippen molar-refractivity contribution in [1.29, 1.82) is 5.26 Å². The summed E-state index contributed by atoms with van der Waals surface area (Å²) in [5.41, 5.74) is 0.417. The third-order valence-corrected chi connectivity index (χ3v) is 8.16. The molecule has 216 valence electrons. The number of hydrogen-bond acceptors (Lipinski definition) is 7. The van der Waals surface area contributed by atoms with Crippen LogP contribution in [0.4, 0.5) is 18.9 Å². The summed E-state index contributed by atoms with van der Waals surface area (Å²) in [6, 6.07) is 14.8. The number of rotatable bonds is 7. The number of ether oxygens (including phenoxy) is 1. The van der Waals surface area contributed by atoms with Crippen molar-refractivity contribution in [3.05, 3.63) is 53.0 Å². The lowest BCUT2D eigenvalue weighted by Gasteiger charge is -2.24. The zero-order chi connectivity index (χ0) is 29.5. The molecule has 0 radical (unpaired) electrons. The minimum atomic E-state index is -5.08. The van der Waals surface area contributed by atoms with Crippen LogP contribution in [0.15, 0.2) is 57.9 Å². The molecule has 2 saturated heterocycles. The summed E-state index contributed by atoms with van der Waals surface area (Å²) in [6.07, 6.45) is -1.96. The van der Waals surface area contributed by atoms with Gasteiger partial charge >= 0.3 is 12.1 Å². The first-order valence-electron chi connectivity index (χ1n) is 12.1. The Hall–Kier alpha value is -3.35. The largest absolute Gasteiger partial charge is 0.491 e. The van der Waals surface area contributed by atoms with Crippen LogP contribution in [0.1, 0.15) is 25.7 Å². The molecule has 2 aromatic carbocycles. The third-order valence-electron chi connectivity index (χ3n) is 6.14. The van der Waals surface area contributed by atoms with Gasteiger partial charge in [0.2, 0.25) is 5.91 Å². The number of carboxylic acids is 1. The van der Waals surface area contributed by atoms with E-state index in [1.807, 2.05) is 0 Å². The van der Waals surface area contributed by atoms with Gasteiger partial charge in [0.25, 0.3) is 10.0 Å². The molecule has 2 heterocycles. The van der Waals surface area contributed by atoms with Gasteiger partial charge < -0.3 is 14.7 Å². The average molecular weight is 647 g/mol. The molecule has 4 rings (SSSR count). The first-order valence-corrected chi connectivity index (χ1v) is 14.4. The number of nitrogens with zero attached hydrogens (tertiary/aromatic N) is 2. The van der Waals surface area contributed by atoms with E-state index in [2.05, 4.69) is 32.0 Å². The molecule has 15 heteroatoms. The van der Waals surface area contributed by atoms with Gasteiger partial charge in [0.05, 0.1) is 27.2 Å². The number of benzene rings is 2. The van der Waals surface area contributed by atoms with E-state index in [0.717, 1.165) is 19.3 Å². The molecule has 10 nitrogen and oxygen atoms in total. The molecular formula is C25H26BrF3N4O6S. The Morgan fingerprint density at radius 1 is 1.18 bits per heavy atom. The number of hydrogen-bond donors (Lipinski definition) is 3. The Bertz CT molecular complexity index is 1350. The number of halogens is 4. The summed E-state index contributed by atoms with van der Waals surface area (Å²) in [7, 11) is -3.67. The average Bonchev–Trinajstić information content (AvgIpc) is 3.58. The number of nitrogens with one attached hydrogen (secondary N) is 2. The predicted molar refractivity (Wildman–Crippen MR) is 141 cm³/mol. The normalized spacial score (nSPS) is 20.7. The number of nitriles is 1. The lowest BCUT2D eigenvalue weighted by atomic mass is 10.1. The molecule has 2 aliphatic rings. The first-order chi connectivity index (χ1) is 18.8. The molecule has 0 bridgehead atoms. The summed E-state index contributed by atoms with van der Waals surface area (Å²) in [6.45, 7) is 1.02. The zero-order valence-electron chi connectivity index (χ0n) is 20.9. The highest BCUT2D eigenvalue weighted by atomic mass is 79.9. The van der Waals surface area contributed by atoms with Crippen LogP contribution in [-0.2, 0) is 19.6 Å². The maximum absolute atomic E-state index is 12.8. The van der Waals surface area contributed by atoms with Crippen molar-refractivity contribution in [2.24, 2.45) is 0 Å². The maximum Gasteiger partial charge on any atom is 0.490 e. The second kappa shape index (κ2) is 13.3. The molecular weight excluding hydrogens is 621 g/mol. The van der Waals surface area contributed by atoms with Crippen molar-refractivity contribution in [2.45, 2.75) is 54.9 Å². The molecule has 3 atom stereocenters. The second-order valence-electron chi connectivity index (χ2n) is 8.99. The van der Waals surface area contributed by atoms with E-state index in [0.29, 0.717) is 35.5 Å². The number of anilines is 1. The predicted octanol–water partition coefficient (Wildman–Crippen LogP) is 3.90. The molecule has 2 fully saturated rings. The number of likely N-dealkylation sites (tertiary alicyclic amines) is 1. The minimum Gasteiger partial charge on any atom is -0.491 e. The third kappa shape index (κ3) is 8.33. The molecule has 1 amide bonds. The van der Waals surface area contributed by atoms with Crippen LogP contribution in [-0.4, -0.2) is 67.8 Å². The number of carbonyl (C=O) groups excluding carboxylic acids is 1. The summed E-state index contributed by atoms with van der Waals surface area (Å²) in [4.78, 5) is 23.5. The molecule has 2 aromatic rings. The van der Waals surface area contributed by atoms with Crippen molar-refractivity contribution in [1.82, 2.24) is 10.2 Å². The Kier molecular flexibility index (Phi) is 10.4. The van der Waals surface area contributed by atoms with Gasteiger partial charge in [0.1, 0.15) is 18.4 Å². The number of aliphatic carboxylic acids is 1. The van der Waals surface area contributed by atoms with Gasteiger partial charge in [-0.1, -0.05) is 18.2 Å². The van der Waals surface area contributed by atoms with Crippen LogP contribution in [0.5, 0.6) is 5.75 Å². The Labute approximate surface area is 237 Å². The highest BCUT2D eigenvalue weighted by molar-refractivity contribution is 9.10. The van der Waals surface area contributed by atoms with Crippen molar-refractivity contribution < 1.29 is 41.0 Å². The van der Waals surface area contributed by atoms with Gasteiger partial charge in [-0.2, -0.15) is 18.4 Å². The number of carbonyl (C=O) groups is 2. The van der Waals surface area contributed by atoms with Crippen molar-refractivity contribution in [3.8, 4) is 11.8 Å². The van der Waals surface area contributed by atoms with Gasteiger partial charge in [-0.3, -0.25) is 14.8 Å². The number of sulfonamides is 1. The minimum absolute atomic E-state index is 0.00205. The van der Waals surface area contributed by atoms with E-state index in [9.17, 15) is 31.6 Å². The maximum atomic E-state index is 12.8. The fourth-order valence-corrected chi connectivity index (χ4v) is 5.76. The van der Waals surface area contributed by atoms with Gasteiger partial charge in [0, 0.05) is 12.6 Å². The van der Waals surface area contributed by atoms with Crippen molar-refractivity contribution in [2.75, 3.05) is 17.9 Å². The quantitative estimate of drug-likeness (QED) is 0.410. The standard InChI is InChI=1S/C23H25BrN4O4S.C2HF3O2/c24-20-13-16(27-33(30,31)19-6-2-1-3-7-19)9-11-22(20)32-15-17-8-10-21(26-17)23(29)28-12-4-5-18(28)14-25;3-2(4,5)1(6)7/h1-3,6-7,9,11,13,17-18,21,26-27H,4-5,8,10,12,15H2;(H,6,7)/t17-,18+,21+;/m1./s1. The molecule has 0 unspecified atom stereocenters. The highest BCUT2D eigenvalue weighted by Gasteiger charge is 2.38. The zero-order valence-corrected chi connectivity index (χ0v) is 23.3. The van der Waals surface area contributed by atoms with Gasteiger partial charge in [-0.15, -0.1) is 0 Å². The summed E-state index contributed by atoms with van der Waals surface area (Å²) < 4.78 is 65.8. The molecule has 0 saturated carbocycles. The van der Waals surface area contributed by atoms with E-state index in [1.54, 1.807) is 41.3 Å². The molecule has 40 heavy (non-hydrogen) atoms. The summed E-state index contributed by atoms with van der Waals surface area (Å²) in [5, 5.41) is 19.7. The molecule has 2 aliphatic heterocycles. The topological polar surface area (TPSA) is 149 Å². The smallest absolute Gasteiger partial charge is 0.490 e. The molecule has 0 aromatic heterocycles. The Balaban J connectivity index is 0.000000559. The molecule has 3 N–H and O–H groups in total. The van der Waals surface area contributed by atoms with Crippen LogP contribution >= 0.6 is 15.9 Å². The van der Waals surface area contributed by atoms with Crippen LogP contribution in [0.2, 0.25) is 0 Å². The van der Waals surface area contributed by atoms with Crippen LogP contribution in [0.25, 0.3) is 0 Å². The van der Waals surface area contributed by atoms with Gasteiger partial charge in [0.15, 0.2) is 0 Å². The van der Waals surface area contributed by atoms with E-state index in [4.69, 9.17) is 14.6 Å². The van der Waals surface area contributed by atoms with Gasteiger partial charge in [-0.05, 0) is 71.9 Å². The molecule has 0 spiro atoms.